The summed E-state index contributed by atoms with van der Waals surface area (Å²) < 4.78 is 15.9. The molecule has 1 N–H and O–H groups in total. The standard InChI is InChI=1S/C17H26N2O3.C14H20N2O2/c1-15-13-18(11-12-21-2)9-6-10-19(15)17(20)22-14-16-7-4-3-5-8-16;1-12-10-15-8-5-9-16(12)14(17)18-11-13-6-3-2-4-7-13/h3-5,7-8,15H,6,9-14H2,1-2H3;2-4,6-7,12,15H,5,8-11H2,1H3/t15-;12-/m00/s1. The van der Waals surface area contributed by atoms with E-state index in [-0.39, 0.29) is 24.3 Å². The lowest BCUT2D eigenvalue weighted by Crippen LogP contribution is -2.43. The number of carbonyl (C=O) groups is 2. The zero-order valence-corrected chi connectivity index (χ0v) is 24.3. The Morgan fingerprint density at radius 3 is 1.93 bits per heavy atom. The van der Waals surface area contributed by atoms with Crippen molar-refractivity contribution in [2.45, 2.75) is 52.0 Å². The fourth-order valence-corrected chi connectivity index (χ4v) is 4.83. The summed E-state index contributed by atoms with van der Waals surface area (Å²) in [7, 11) is 1.72. The van der Waals surface area contributed by atoms with Crippen LogP contribution in [0.15, 0.2) is 60.7 Å². The van der Waals surface area contributed by atoms with Gasteiger partial charge in [-0.05, 0) is 50.9 Å². The average molecular weight is 555 g/mol. The number of methoxy groups -OCH3 is 1. The van der Waals surface area contributed by atoms with E-state index in [1.165, 1.54) is 0 Å². The van der Waals surface area contributed by atoms with E-state index in [2.05, 4.69) is 17.1 Å². The highest BCUT2D eigenvalue weighted by atomic mass is 16.6. The van der Waals surface area contributed by atoms with Gasteiger partial charge in [0.2, 0.25) is 0 Å². The highest BCUT2D eigenvalue weighted by molar-refractivity contribution is 5.68. The molecule has 2 heterocycles. The van der Waals surface area contributed by atoms with Crippen LogP contribution < -0.4 is 5.32 Å². The Balaban J connectivity index is 0.000000225. The molecule has 9 heteroatoms. The molecule has 4 rings (SSSR count). The number of benzene rings is 2. The fourth-order valence-electron chi connectivity index (χ4n) is 4.83. The first kappa shape index (κ1) is 31.4. The first-order valence-corrected chi connectivity index (χ1v) is 14.3. The molecule has 2 fully saturated rings. The molecule has 2 aromatic carbocycles. The number of nitrogens with zero attached hydrogens (tertiary/aromatic N) is 3. The molecule has 220 valence electrons. The quantitative estimate of drug-likeness (QED) is 0.544. The molecule has 9 nitrogen and oxygen atoms in total. The Hall–Kier alpha value is -3.14. The van der Waals surface area contributed by atoms with Crippen LogP contribution in [-0.4, -0.2) is 98.5 Å². The lowest BCUT2D eigenvalue weighted by molar-refractivity contribution is 0.0811. The Morgan fingerprint density at radius 2 is 1.35 bits per heavy atom. The first-order valence-electron chi connectivity index (χ1n) is 14.3. The van der Waals surface area contributed by atoms with E-state index in [0.717, 1.165) is 76.4 Å². The molecule has 0 aromatic heterocycles. The van der Waals surface area contributed by atoms with Gasteiger partial charge in [-0.3, -0.25) is 4.90 Å². The molecule has 2 amide bonds. The van der Waals surface area contributed by atoms with Crippen molar-refractivity contribution >= 4 is 12.2 Å². The molecule has 2 atom stereocenters. The Labute approximate surface area is 239 Å². The predicted octanol–water partition coefficient (Wildman–Crippen LogP) is 4.37. The normalized spacial score (nSPS) is 20.0. The number of hydrogen-bond donors (Lipinski definition) is 1. The fraction of sp³-hybridized carbons (Fsp3) is 0.548. The summed E-state index contributed by atoms with van der Waals surface area (Å²) >= 11 is 0. The van der Waals surface area contributed by atoms with Gasteiger partial charge >= 0.3 is 12.2 Å². The molecule has 0 saturated carbocycles. The van der Waals surface area contributed by atoms with Crippen molar-refractivity contribution < 1.29 is 23.8 Å². The summed E-state index contributed by atoms with van der Waals surface area (Å²) in [6, 6.07) is 19.9. The third kappa shape index (κ3) is 10.8. The summed E-state index contributed by atoms with van der Waals surface area (Å²) in [6.45, 7) is 11.6. The molecule has 2 saturated heterocycles. The van der Waals surface area contributed by atoms with Crippen molar-refractivity contribution in [2.75, 3.05) is 59.5 Å². The smallest absolute Gasteiger partial charge is 0.410 e. The minimum atomic E-state index is -0.218. The van der Waals surface area contributed by atoms with E-state index in [9.17, 15) is 9.59 Å². The zero-order chi connectivity index (χ0) is 28.6. The Morgan fingerprint density at radius 1 is 0.800 bits per heavy atom. The van der Waals surface area contributed by atoms with E-state index in [1.54, 1.807) is 7.11 Å². The molecule has 0 aliphatic carbocycles. The maximum absolute atomic E-state index is 12.3. The van der Waals surface area contributed by atoms with Crippen LogP contribution in [0.25, 0.3) is 0 Å². The van der Waals surface area contributed by atoms with E-state index in [0.29, 0.717) is 13.2 Å². The van der Waals surface area contributed by atoms with Gasteiger partial charge in [0.1, 0.15) is 13.2 Å². The topological polar surface area (TPSA) is 83.6 Å². The Kier molecular flexibility index (Phi) is 13.8. The molecule has 2 aromatic rings. The van der Waals surface area contributed by atoms with Crippen molar-refractivity contribution in [3.63, 3.8) is 0 Å². The van der Waals surface area contributed by atoms with Crippen molar-refractivity contribution in [3.8, 4) is 0 Å². The molecular weight excluding hydrogens is 508 g/mol. The van der Waals surface area contributed by atoms with Crippen molar-refractivity contribution in [2.24, 2.45) is 0 Å². The summed E-state index contributed by atoms with van der Waals surface area (Å²) in [5.41, 5.74) is 2.03. The highest BCUT2D eigenvalue weighted by Crippen LogP contribution is 2.13. The molecule has 0 spiro atoms. The molecular formula is C31H46N4O5. The van der Waals surface area contributed by atoms with Gasteiger partial charge in [0.25, 0.3) is 0 Å². The number of carbonyl (C=O) groups excluding carboxylic acids is 2. The second-order valence-electron chi connectivity index (χ2n) is 10.4. The molecule has 0 radical (unpaired) electrons. The van der Waals surface area contributed by atoms with Crippen LogP contribution in [0.2, 0.25) is 0 Å². The third-order valence-corrected chi connectivity index (χ3v) is 7.14. The molecule has 2 aliphatic heterocycles. The minimum Gasteiger partial charge on any atom is -0.445 e. The number of hydrogen-bond acceptors (Lipinski definition) is 7. The minimum absolute atomic E-state index is 0.155. The molecule has 0 bridgehead atoms. The van der Waals surface area contributed by atoms with Crippen LogP contribution in [-0.2, 0) is 27.4 Å². The third-order valence-electron chi connectivity index (χ3n) is 7.14. The number of nitrogens with one attached hydrogen (secondary N) is 1. The lowest BCUT2D eigenvalue weighted by atomic mass is 10.2. The summed E-state index contributed by atoms with van der Waals surface area (Å²) in [4.78, 5) is 30.3. The highest BCUT2D eigenvalue weighted by Gasteiger charge is 2.26. The van der Waals surface area contributed by atoms with Crippen molar-refractivity contribution in [1.29, 1.82) is 0 Å². The van der Waals surface area contributed by atoms with Gasteiger partial charge < -0.3 is 29.3 Å². The van der Waals surface area contributed by atoms with Crippen LogP contribution in [0.3, 0.4) is 0 Å². The van der Waals surface area contributed by atoms with Crippen molar-refractivity contribution in [3.05, 3.63) is 71.8 Å². The zero-order valence-electron chi connectivity index (χ0n) is 24.3. The average Bonchev–Trinajstić information content (AvgIpc) is 3.32. The number of ether oxygens (including phenoxy) is 3. The summed E-state index contributed by atoms with van der Waals surface area (Å²) in [5, 5.41) is 3.31. The van der Waals surface area contributed by atoms with Gasteiger partial charge in [-0.1, -0.05) is 60.7 Å². The van der Waals surface area contributed by atoms with Gasteiger partial charge in [-0.15, -0.1) is 0 Å². The van der Waals surface area contributed by atoms with Gasteiger partial charge in [-0.2, -0.15) is 0 Å². The Bertz CT molecular complexity index is 994. The van der Waals surface area contributed by atoms with Gasteiger partial charge in [0.15, 0.2) is 0 Å². The van der Waals surface area contributed by atoms with Crippen molar-refractivity contribution in [1.82, 2.24) is 20.0 Å². The van der Waals surface area contributed by atoms with E-state index < -0.39 is 0 Å². The molecule has 0 unspecified atom stereocenters. The maximum atomic E-state index is 12.3. The van der Waals surface area contributed by atoms with Gasteiger partial charge in [0.05, 0.1) is 6.61 Å². The molecule has 40 heavy (non-hydrogen) atoms. The van der Waals surface area contributed by atoms with E-state index in [1.807, 2.05) is 77.4 Å². The maximum Gasteiger partial charge on any atom is 0.410 e. The number of rotatable bonds is 7. The lowest BCUT2D eigenvalue weighted by Gasteiger charge is -2.28. The summed E-state index contributed by atoms with van der Waals surface area (Å²) in [5.74, 6) is 0. The largest absolute Gasteiger partial charge is 0.445 e. The van der Waals surface area contributed by atoms with E-state index >= 15 is 0 Å². The van der Waals surface area contributed by atoms with Crippen LogP contribution in [0.1, 0.15) is 37.8 Å². The van der Waals surface area contributed by atoms with Crippen LogP contribution >= 0.6 is 0 Å². The van der Waals surface area contributed by atoms with E-state index in [4.69, 9.17) is 14.2 Å². The number of amides is 2. The summed E-state index contributed by atoms with van der Waals surface area (Å²) in [6.07, 6.45) is 1.51. The SMILES string of the molecule is COCCN1CCCN(C(=O)OCc2ccccc2)[C@@H](C)C1.C[C@H]1CNCCCN1C(=O)OCc1ccccc1. The van der Waals surface area contributed by atoms with Gasteiger partial charge in [-0.25, -0.2) is 9.59 Å². The van der Waals surface area contributed by atoms with Crippen LogP contribution in [0.4, 0.5) is 9.59 Å². The second kappa shape index (κ2) is 17.5. The first-order chi connectivity index (χ1) is 19.5. The van der Waals surface area contributed by atoms with Crippen LogP contribution in [0, 0.1) is 0 Å². The monoisotopic (exact) mass is 554 g/mol. The van der Waals surface area contributed by atoms with Crippen LogP contribution in [0.5, 0.6) is 0 Å². The molecule has 2 aliphatic rings. The van der Waals surface area contributed by atoms with Gasteiger partial charge in [0, 0.05) is 51.9 Å². The second-order valence-corrected chi connectivity index (χ2v) is 10.4. The predicted molar refractivity (Wildman–Crippen MR) is 156 cm³/mol.